The summed E-state index contributed by atoms with van der Waals surface area (Å²) in [7, 11) is -3.69. The van der Waals surface area contributed by atoms with E-state index in [0.717, 1.165) is 25.9 Å². The van der Waals surface area contributed by atoms with Gasteiger partial charge in [-0.2, -0.15) is 0 Å². The second-order valence-corrected chi connectivity index (χ2v) is 11.9. The van der Waals surface area contributed by atoms with Crippen LogP contribution in [0.5, 0.6) is 11.5 Å². The van der Waals surface area contributed by atoms with Crippen LogP contribution in [-0.2, 0) is 10.0 Å². The summed E-state index contributed by atoms with van der Waals surface area (Å²) in [6, 6.07) is 10.2. The number of hydrogen-bond donors (Lipinski definition) is 3. The number of rotatable bonds is 7. The average Bonchev–Trinajstić information content (AvgIpc) is 3.45. The van der Waals surface area contributed by atoms with Crippen LogP contribution in [-0.4, -0.2) is 50.7 Å². The highest BCUT2D eigenvalue weighted by Gasteiger charge is 2.44. The fourth-order valence-electron chi connectivity index (χ4n) is 4.82. The average molecular weight is 502 g/mol. The largest absolute Gasteiger partial charge is 0.449 e. The van der Waals surface area contributed by atoms with Gasteiger partial charge in [0.2, 0.25) is 15.8 Å². The molecule has 0 unspecified atom stereocenters. The van der Waals surface area contributed by atoms with Gasteiger partial charge in [-0.3, -0.25) is 9.52 Å². The number of amides is 1. The number of aliphatic hydroxyl groups is 1. The molecule has 0 bridgehead atoms. The van der Waals surface area contributed by atoms with Gasteiger partial charge in [-0.05, 0) is 61.4 Å². The Balaban J connectivity index is 1.44. The molecule has 0 radical (unpaired) electrons. The van der Waals surface area contributed by atoms with Gasteiger partial charge >= 0.3 is 0 Å². The number of carbonyl (C=O) groups is 1. The van der Waals surface area contributed by atoms with Gasteiger partial charge in [0.25, 0.3) is 5.91 Å². The number of hydrogen-bond acceptors (Lipinski definition) is 7. The van der Waals surface area contributed by atoms with Crippen molar-refractivity contribution >= 4 is 33.0 Å². The van der Waals surface area contributed by atoms with Gasteiger partial charge < -0.3 is 24.8 Å². The Hall–Kier alpha value is -2.98. The van der Waals surface area contributed by atoms with E-state index in [9.17, 15) is 13.2 Å². The highest BCUT2D eigenvalue weighted by molar-refractivity contribution is 7.92. The quantitative estimate of drug-likeness (QED) is 0.531. The van der Waals surface area contributed by atoms with E-state index in [1.54, 1.807) is 50.2 Å². The maximum atomic E-state index is 13.5. The van der Waals surface area contributed by atoms with E-state index in [4.69, 9.17) is 14.6 Å². The van der Waals surface area contributed by atoms with Crippen molar-refractivity contribution in [3.63, 3.8) is 0 Å². The molecule has 3 aliphatic rings. The lowest BCUT2D eigenvalue weighted by Gasteiger charge is -2.35. The Morgan fingerprint density at radius 1 is 1.09 bits per heavy atom. The molecule has 2 aliphatic heterocycles. The molecule has 5 rings (SSSR count). The molecule has 0 aromatic heterocycles. The van der Waals surface area contributed by atoms with E-state index in [1.807, 2.05) is 0 Å². The molecule has 2 aromatic carbocycles. The highest BCUT2D eigenvalue weighted by Crippen LogP contribution is 2.54. The van der Waals surface area contributed by atoms with E-state index in [1.165, 1.54) is 12.8 Å². The van der Waals surface area contributed by atoms with Crippen LogP contribution in [0, 0.1) is 5.41 Å². The maximum Gasteiger partial charge on any atom is 0.257 e. The molecule has 2 aromatic rings. The molecule has 1 saturated carbocycles. The van der Waals surface area contributed by atoms with Gasteiger partial charge in [0, 0.05) is 26.9 Å². The summed E-state index contributed by atoms with van der Waals surface area (Å²) in [6.07, 6.45) is 4.63. The smallest absolute Gasteiger partial charge is 0.257 e. The lowest BCUT2D eigenvalue weighted by atomic mass is 9.93. The fraction of sp³-hybridized carbons (Fsp3) is 0.480. The standard InChI is InChI=1S/C25H31N3O6S/c1-24(2)33-21-5-3-4-19(22(21)34-24)26-23(30)18-7-6-17(27-35(31,32)15-14-29)16-20(18)28-12-10-25(8-9-25)11-13-28/h3-7,16,27,29H,8-15H2,1-2H3,(H,26,30). The van der Waals surface area contributed by atoms with Gasteiger partial charge in [-0.25, -0.2) is 8.42 Å². The number of carbonyl (C=O) groups excluding carboxylic acids is 1. The number of fused-ring (bicyclic) bond motifs is 1. The van der Waals surface area contributed by atoms with Gasteiger partial charge in [-0.15, -0.1) is 0 Å². The van der Waals surface area contributed by atoms with Crippen molar-refractivity contribution in [2.24, 2.45) is 5.41 Å². The van der Waals surface area contributed by atoms with E-state index in [0.29, 0.717) is 39.5 Å². The zero-order chi connectivity index (χ0) is 24.8. The molecular weight excluding hydrogens is 470 g/mol. The molecule has 188 valence electrons. The zero-order valence-electron chi connectivity index (χ0n) is 20.0. The van der Waals surface area contributed by atoms with E-state index < -0.39 is 28.2 Å². The number of para-hydroxylation sites is 1. The number of sulfonamides is 1. The first kappa shape index (κ1) is 23.7. The first-order chi connectivity index (χ1) is 16.6. The Morgan fingerprint density at radius 3 is 2.51 bits per heavy atom. The van der Waals surface area contributed by atoms with Crippen molar-refractivity contribution in [2.75, 3.05) is 40.4 Å². The number of nitrogens with zero attached hydrogens (tertiary/aromatic N) is 1. The summed E-state index contributed by atoms with van der Waals surface area (Å²) in [5.41, 5.74) is 2.43. The third kappa shape index (κ3) is 5.04. The molecular formula is C25H31N3O6S. The van der Waals surface area contributed by atoms with Crippen LogP contribution in [0.25, 0.3) is 0 Å². The second kappa shape index (κ2) is 8.60. The van der Waals surface area contributed by atoms with Gasteiger partial charge in [0.1, 0.15) is 0 Å². The highest BCUT2D eigenvalue weighted by atomic mass is 32.2. The molecule has 1 aliphatic carbocycles. The molecule has 10 heteroatoms. The van der Waals surface area contributed by atoms with Crippen LogP contribution in [0.2, 0.25) is 0 Å². The van der Waals surface area contributed by atoms with Crippen LogP contribution in [0.3, 0.4) is 0 Å². The molecule has 0 atom stereocenters. The predicted octanol–water partition coefficient (Wildman–Crippen LogP) is 3.56. The van der Waals surface area contributed by atoms with Crippen molar-refractivity contribution in [1.29, 1.82) is 0 Å². The van der Waals surface area contributed by atoms with Crippen molar-refractivity contribution in [3.8, 4) is 11.5 Å². The molecule has 1 saturated heterocycles. The summed E-state index contributed by atoms with van der Waals surface area (Å²) >= 11 is 0. The molecule has 2 fully saturated rings. The van der Waals surface area contributed by atoms with Gasteiger partial charge in [0.05, 0.1) is 35.0 Å². The number of piperidine rings is 1. The van der Waals surface area contributed by atoms with Crippen LogP contribution in [0.15, 0.2) is 36.4 Å². The number of benzene rings is 2. The van der Waals surface area contributed by atoms with Gasteiger partial charge in [-0.1, -0.05) is 6.07 Å². The van der Waals surface area contributed by atoms with Crippen molar-refractivity contribution in [2.45, 2.75) is 45.3 Å². The van der Waals surface area contributed by atoms with Crippen LogP contribution in [0.4, 0.5) is 17.1 Å². The van der Waals surface area contributed by atoms with Gasteiger partial charge in [0.15, 0.2) is 11.5 Å². The third-order valence-electron chi connectivity index (χ3n) is 6.93. The summed E-state index contributed by atoms with van der Waals surface area (Å²) in [5, 5.41) is 12.0. The number of ether oxygens (including phenoxy) is 2. The Morgan fingerprint density at radius 2 is 1.83 bits per heavy atom. The van der Waals surface area contributed by atoms with Crippen molar-refractivity contribution in [1.82, 2.24) is 0 Å². The predicted molar refractivity (Wildman–Crippen MR) is 134 cm³/mol. The summed E-state index contributed by atoms with van der Waals surface area (Å²) < 4.78 is 38.6. The minimum atomic E-state index is -3.69. The van der Waals surface area contributed by atoms with E-state index in [2.05, 4.69) is 14.9 Å². The Kier molecular flexibility index (Phi) is 5.83. The second-order valence-electron chi connectivity index (χ2n) is 10.1. The van der Waals surface area contributed by atoms with Crippen molar-refractivity contribution < 1.29 is 27.8 Å². The first-order valence-electron chi connectivity index (χ1n) is 11.9. The monoisotopic (exact) mass is 501 g/mol. The third-order valence-corrected chi connectivity index (χ3v) is 8.20. The molecule has 1 amide bonds. The normalized spacial score (nSPS) is 19.5. The van der Waals surface area contributed by atoms with Crippen LogP contribution >= 0.6 is 0 Å². The molecule has 3 N–H and O–H groups in total. The fourth-order valence-corrected chi connectivity index (χ4v) is 5.65. The molecule has 35 heavy (non-hydrogen) atoms. The summed E-state index contributed by atoms with van der Waals surface area (Å²) in [5.74, 6) is -0.497. The minimum Gasteiger partial charge on any atom is -0.449 e. The van der Waals surface area contributed by atoms with Crippen LogP contribution in [0.1, 0.15) is 49.9 Å². The van der Waals surface area contributed by atoms with Crippen LogP contribution < -0.4 is 24.4 Å². The zero-order valence-corrected chi connectivity index (χ0v) is 20.8. The number of nitrogens with one attached hydrogen (secondary N) is 2. The van der Waals surface area contributed by atoms with E-state index >= 15 is 0 Å². The van der Waals surface area contributed by atoms with E-state index in [-0.39, 0.29) is 5.91 Å². The molecule has 1 spiro atoms. The lowest BCUT2D eigenvalue weighted by molar-refractivity contribution is -0.0429. The Bertz CT molecular complexity index is 1250. The Labute approximate surface area is 205 Å². The maximum absolute atomic E-state index is 13.5. The molecule has 2 heterocycles. The van der Waals surface area contributed by atoms with Crippen molar-refractivity contribution in [3.05, 3.63) is 42.0 Å². The first-order valence-corrected chi connectivity index (χ1v) is 13.6. The summed E-state index contributed by atoms with van der Waals surface area (Å²) in [6.45, 7) is 4.74. The lowest BCUT2D eigenvalue weighted by Crippen LogP contribution is -2.35. The summed E-state index contributed by atoms with van der Waals surface area (Å²) in [4.78, 5) is 15.6. The number of aliphatic hydroxyl groups excluding tert-OH is 1. The number of anilines is 3. The topological polar surface area (TPSA) is 117 Å². The SMILES string of the molecule is CC1(C)Oc2cccc(NC(=O)c3ccc(NS(=O)(=O)CCO)cc3N3CCC4(CC3)CC4)c2O1. The minimum absolute atomic E-state index is 0.321. The molecule has 9 nitrogen and oxygen atoms in total.